The van der Waals surface area contributed by atoms with E-state index >= 15 is 0 Å². The molecule has 1 aliphatic heterocycles. The van der Waals surface area contributed by atoms with E-state index in [9.17, 15) is 0 Å². The lowest BCUT2D eigenvalue weighted by Crippen LogP contribution is -2.53. The molecule has 0 amide bonds. The number of nitrogens with zero attached hydrogens (tertiary/aromatic N) is 1. The summed E-state index contributed by atoms with van der Waals surface area (Å²) in [6.07, 6.45) is 1.47. The molecular weight excluding hydrogens is 224 g/mol. The van der Waals surface area contributed by atoms with E-state index in [0.717, 1.165) is 19.6 Å². The normalized spacial score (nSPS) is 25.2. The Morgan fingerprint density at radius 3 is 2.78 bits per heavy atom. The van der Waals surface area contributed by atoms with Gasteiger partial charge in [0.15, 0.2) is 0 Å². The highest BCUT2D eigenvalue weighted by atomic mass is 16.5. The van der Waals surface area contributed by atoms with E-state index in [1.165, 1.54) is 18.5 Å². The molecule has 1 fully saturated rings. The molecule has 0 radical (unpaired) electrons. The predicted octanol–water partition coefficient (Wildman–Crippen LogP) is 1.89. The number of benzene rings is 1. The molecule has 2 rings (SSSR count). The number of nitrogens with one attached hydrogen (secondary N) is 1. The summed E-state index contributed by atoms with van der Waals surface area (Å²) in [4.78, 5) is 2.45. The second-order valence-corrected chi connectivity index (χ2v) is 4.93. The van der Waals surface area contributed by atoms with Gasteiger partial charge in [-0.3, -0.25) is 0 Å². The maximum atomic E-state index is 5.62. The van der Waals surface area contributed by atoms with Crippen LogP contribution < -0.4 is 5.32 Å². The number of likely N-dealkylation sites (N-methyl/N-ethyl adjacent to an activating group) is 1. The summed E-state index contributed by atoms with van der Waals surface area (Å²) in [7, 11) is 1.82. The third-order valence-electron chi connectivity index (χ3n) is 3.80. The largest absolute Gasteiger partial charge is 0.378 e. The Hall–Kier alpha value is -0.900. The molecule has 3 nitrogen and oxygen atoms in total. The standard InChI is InChI=1S/C15H24N2O/c1-3-17-10-9-14(15(12-17)18-2)16-11-13-7-5-4-6-8-13/h4-8,14-16H,3,9-12H2,1-2H3. The number of methoxy groups -OCH3 is 1. The third-order valence-corrected chi connectivity index (χ3v) is 3.80. The Morgan fingerprint density at radius 2 is 2.11 bits per heavy atom. The van der Waals surface area contributed by atoms with Crippen LogP contribution >= 0.6 is 0 Å². The molecule has 1 aliphatic rings. The first-order valence-electron chi connectivity index (χ1n) is 6.86. The molecule has 1 aromatic rings. The minimum absolute atomic E-state index is 0.308. The number of piperidine rings is 1. The van der Waals surface area contributed by atoms with E-state index in [4.69, 9.17) is 4.74 Å². The van der Waals surface area contributed by atoms with Crippen LogP contribution in [0.25, 0.3) is 0 Å². The molecule has 0 bridgehead atoms. The summed E-state index contributed by atoms with van der Waals surface area (Å²) in [6, 6.07) is 11.0. The van der Waals surface area contributed by atoms with E-state index in [-0.39, 0.29) is 0 Å². The van der Waals surface area contributed by atoms with Crippen molar-refractivity contribution >= 4 is 0 Å². The van der Waals surface area contributed by atoms with Gasteiger partial charge in [-0.15, -0.1) is 0 Å². The van der Waals surface area contributed by atoms with Gasteiger partial charge >= 0.3 is 0 Å². The first-order chi connectivity index (χ1) is 8.83. The van der Waals surface area contributed by atoms with Gasteiger partial charge in [-0.05, 0) is 25.1 Å². The van der Waals surface area contributed by atoms with E-state index < -0.39 is 0 Å². The topological polar surface area (TPSA) is 24.5 Å². The lowest BCUT2D eigenvalue weighted by Gasteiger charge is -2.37. The molecule has 18 heavy (non-hydrogen) atoms. The molecule has 0 aromatic heterocycles. The third kappa shape index (κ3) is 3.55. The summed E-state index contributed by atoms with van der Waals surface area (Å²) in [5.41, 5.74) is 1.34. The van der Waals surface area contributed by atoms with Crippen molar-refractivity contribution in [2.24, 2.45) is 0 Å². The summed E-state index contributed by atoms with van der Waals surface area (Å²) in [6.45, 7) is 6.47. The number of likely N-dealkylation sites (tertiary alicyclic amines) is 1. The minimum Gasteiger partial charge on any atom is -0.378 e. The van der Waals surface area contributed by atoms with Crippen molar-refractivity contribution in [1.29, 1.82) is 0 Å². The quantitative estimate of drug-likeness (QED) is 0.861. The van der Waals surface area contributed by atoms with Crippen LogP contribution in [0.4, 0.5) is 0 Å². The van der Waals surface area contributed by atoms with Gasteiger partial charge in [0.2, 0.25) is 0 Å². The predicted molar refractivity (Wildman–Crippen MR) is 74.6 cm³/mol. The van der Waals surface area contributed by atoms with E-state index in [1.54, 1.807) is 0 Å². The minimum atomic E-state index is 0.308. The second-order valence-electron chi connectivity index (χ2n) is 4.93. The fourth-order valence-electron chi connectivity index (χ4n) is 2.58. The van der Waals surface area contributed by atoms with Crippen molar-refractivity contribution in [3.05, 3.63) is 35.9 Å². The molecule has 3 heteroatoms. The van der Waals surface area contributed by atoms with Gasteiger partial charge in [0, 0.05) is 26.2 Å². The molecule has 0 aliphatic carbocycles. The van der Waals surface area contributed by atoms with Crippen molar-refractivity contribution in [3.8, 4) is 0 Å². The lowest BCUT2D eigenvalue weighted by molar-refractivity contribution is 0.00709. The van der Waals surface area contributed by atoms with Gasteiger partial charge in [-0.25, -0.2) is 0 Å². The highest BCUT2D eigenvalue weighted by Crippen LogP contribution is 2.14. The maximum Gasteiger partial charge on any atom is 0.0851 e. The molecule has 1 N–H and O–H groups in total. The van der Waals surface area contributed by atoms with Crippen LogP contribution in [-0.4, -0.2) is 43.8 Å². The molecule has 0 spiro atoms. The Labute approximate surface area is 110 Å². The summed E-state index contributed by atoms with van der Waals surface area (Å²) >= 11 is 0. The van der Waals surface area contributed by atoms with Gasteiger partial charge < -0.3 is 15.0 Å². The van der Waals surface area contributed by atoms with Crippen molar-refractivity contribution in [1.82, 2.24) is 10.2 Å². The van der Waals surface area contributed by atoms with Crippen molar-refractivity contribution in [2.45, 2.75) is 32.0 Å². The molecule has 2 atom stereocenters. The van der Waals surface area contributed by atoms with Crippen LogP contribution in [0.3, 0.4) is 0 Å². The molecule has 2 unspecified atom stereocenters. The fourth-order valence-corrected chi connectivity index (χ4v) is 2.58. The van der Waals surface area contributed by atoms with Crippen LogP contribution in [0, 0.1) is 0 Å². The van der Waals surface area contributed by atoms with Gasteiger partial charge in [-0.2, -0.15) is 0 Å². The zero-order valence-corrected chi connectivity index (χ0v) is 11.4. The fraction of sp³-hybridized carbons (Fsp3) is 0.600. The van der Waals surface area contributed by atoms with Crippen molar-refractivity contribution < 1.29 is 4.74 Å². The van der Waals surface area contributed by atoms with Crippen LogP contribution in [0.5, 0.6) is 0 Å². The van der Waals surface area contributed by atoms with Crippen LogP contribution in [0.2, 0.25) is 0 Å². The molecule has 1 saturated heterocycles. The van der Waals surface area contributed by atoms with Crippen molar-refractivity contribution in [3.63, 3.8) is 0 Å². The Balaban J connectivity index is 1.85. The van der Waals surface area contributed by atoms with Gasteiger partial charge in [0.1, 0.15) is 0 Å². The summed E-state index contributed by atoms with van der Waals surface area (Å²) in [5.74, 6) is 0. The average molecular weight is 248 g/mol. The first-order valence-corrected chi connectivity index (χ1v) is 6.86. The number of ether oxygens (including phenoxy) is 1. The molecule has 1 heterocycles. The lowest BCUT2D eigenvalue weighted by atomic mass is 10.0. The smallest absolute Gasteiger partial charge is 0.0851 e. The van der Waals surface area contributed by atoms with Crippen LogP contribution in [0.1, 0.15) is 18.9 Å². The SMILES string of the molecule is CCN1CCC(NCc2ccccc2)C(OC)C1. The summed E-state index contributed by atoms with van der Waals surface area (Å²) < 4.78 is 5.62. The van der Waals surface area contributed by atoms with Crippen molar-refractivity contribution in [2.75, 3.05) is 26.7 Å². The second kappa shape index (κ2) is 6.88. The number of hydrogen-bond acceptors (Lipinski definition) is 3. The van der Waals surface area contributed by atoms with Gasteiger partial charge in [0.25, 0.3) is 0 Å². The van der Waals surface area contributed by atoms with E-state index in [1.807, 2.05) is 7.11 Å². The van der Waals surface area contributed by atoms with Gasteiger partial charge in [-0.1, -0.05) is 37.3 Å². The zero-order chi connectivity index (χ0) is 12.8. The Kier molecular flexibility index (Phi) is 5.17. The average Bonchev–Trinajstić information content (AvgIpc) is 2.46. The highest BCUT2D eigenvalue weighted by molar-refractivity contribution is 5.14. The van der Waals surface area contributed by atoms with E-state index in [2.05, 4.69) is 47.5 Å². The monoisotopic (exact) mass is 248 g/mol. The molecule has 0 saturated carbocycles. The molecule has 100 valence electrons. The van der Waals surface area contributed by atoms with E-state index in [0.29, 0.717) is 12.1 Å². The highest BCUT2D eigenvalue weighted by Gasteiger charge is 2.27. The zero-order valence-electron chi connectivity index (χ0n) is 11.4. The maximum absolute atomic E-state index is 5.62. The Morgan fingerprint density at radius 1 is 1.33 bits per heavy atom. The van der Waals surface area contributed by atoms with Gasteiger partial charge in [0.05, 0.1) is 6.10 Å². The summed E-state index contributed by atoms with van der Waals surface area (Å²) in [5, 5.41) is 3.63. The van der Waals surface area contributed by atoms with Crippen LogP contribution in [0.15, 0.2) is 30.3 Å². The molecule has 1 aromatic carbocycles. The molecular formula is C15H24N2O. The number of hydrogen-bond donors (Lipinski definition) is 1. The number of rotatable bonds is 5. The van der Waals surface area contributed by atoms with Crippen LogP contribution in [-0.2, 0) is 11.3 Å². The Bertz CT molecular complexity index is 342. The first kappa shape index (κ1) is 13.5.